The summed E-state index contributed by atoms with van der Waals surface area (Å²) < 4.78 is 0. The number of amides is 1. The van der Waals surface area contributed by atoms with Gasteiger partial charge in [0.2, 0.25) is 5.91 Å². The first kappa shape index (κ1) is 14.9. The Morgan fingerprint density at radius 3 is 3.06 bits per heavy atom. The second-order valence-corrected chi connectivity index (χ2v) is 4.86. The fraction of sp³-hybridized carbons (Fsp3) is 0.846. The Kier molecular flexibility index (Phi) is 6.69. The predicted octanol–water partition coefficient (Wildman–Crippen LogP) is 0.595. The fourth-order valence-corrected chi connectivity index (χ4v) is 2.39. The second-order valence-electron chi connectivity index (χ2n) is 4.86. The minimum absolute atomic E-state index is 0.0844. The molecule has 0 aromatic rings. The summed E-state index contributed by atoms with van der Waals surface area (Å²) in [6, 6.07) is 2.48. The lowest BCUT2D eigenvalue weighted by Crippen LogP contribution is -2.41. The van der Waals surface area contributed by atoms with Crippen molar-refractivity contribution in [3.8, 4) is 6.07 Å². The van der Waals surface area contributed by atoms with Gasteiger partial charge in [-0.15, -0.1) is 0 Å². The number of nitriles is 1. The molecule has 5 heteroatoms. The van der Waals surface area contributed by atoms with E-state index >= 15 is 0 Å². The second kappa shape index (κ2) is 8.06. The van der Waals surface area contributed by atoms with Gasteiger partial charge in [0.15, 0.2) is 0 Å². The molecule has 0 spiro atoms. The molecular formula is C13H23N3O2. The number of likely N-dealkylation sites (N-methyl/N-ethyl adjacent to an activating group) is 1. The Hall–Kier alpha value is -1.12. The van der Waals surface area contributed by atoms with Gasteiger partial charge in [0.1, 0.15) is 0 Å². The van der Waals surface area contributed by atoms with Gasteiger partial charge >= 0.3 is 0 Å². The van der Waals surface area contributed by atoms with Gasteiger partial charge in [-0.1, -0.05) is 0 Å². The summed E-state index contributed by atoms with van der Waals surface area (Å²) in [6.45, 7) is 2.14. The van der Waals surface area contributed by atoms with E-state index in [2.05, 4.69) is 4.90 Å². The molecule has 0 saturated carbocycles. The van der Waals surface area contributed by atoms with E-state index in [1.807, 2.05) is 6.07 Å². The minimum atomic E-state index is 0.0844. The molecule has 1 aliphatic rings. The SMILES string of the molecule is CN(CCC#N)C(=O)CN1CCCC1CCCO. The van der Waals surface area contributed by atoms with Gasteiger partial charge in [-0.05, 0) is 32.2 Å². The number of nitrogens with zero attached hydrogens (tertiary/aromatic N) is 3. The third-order valence-electron chi connectivity index (χ3n) is 3.52. The van der Waals surface area contributed by atoms with Crippen molar-refractivity contribution in [3.63, 3.8) is 0 Å². The molecule has 0 aliphatic carbocycles. The van der Waals surface area contributed by atoms with E-state index < -0.39 is 0 Å². The van der Waals surface area contributed by atoms with Gasteiger partial charge < -0.3 is 10.0 Å². The van der Waals surface area contributed by atoms with Crippen molar-refractivity contribution < 1.29 is 9.90 Å². The number of aliphatic hydroxyl groups is 1. The molecule has 0 radical (unpaired) electrons. The molecule has 1 N–H and O–H groups in total. The first-order chi connectivity index (χ1) is 8.69. The maximum atomic E-state index is 11.9. The van der Waals surface area contributed by atoms with Gasteiger partial charge in [0, 0.05) is 26.2 Å². The highest BCUT2D eigenvalue weighted by molar-refractivity contribution is 5.78. The molecule has 1 amide bonds. The molecule has 0 aromatic carbocycles. The first-order valence-electron chi connectivity index (χ1n) is 6.65. The van der Waals surface area contributed by atoms with Crippen LogP contribution < -0.4 is 0 Å². The van der Waals surface area contributed by atoms with Gasteiger partial charge in [-0.25, -0.2) is 0 Å². The molecule has 1 saturated heterocycles. The molecule has 1 aliphatic heterocycles. The number of carbonyl (C=O) groups is 1. The molecule has 1 atom stereocenters. The van der Waals surface area contributed by atoms with Crippen molar-refractivity contribution >= 4 is 5.91 Å². The lowest BCUT2D eigenvalue weighted by atomic mass is 10.1. The van der Waals surface area contributed by atoms with E-state index in [0.717, 1.165) is 32.2 Å². The maximum absolute atomic E-state index is 11.9. The molecule has 5 nitrogen and oxygen atoms in total. The zero-order valence-corrected chi connectivity index (χ0v) is 11.1. The Bertz CT molecular complexity index is 301. The number of carbonyl (C=O) groups excluding carboxylic acids is 1. The average Bonchev–Trinajstić information content (AvgIpc) is 2.80. The lowest BCUT2D eigenvalue weighted by molar-refractivity contribution is -0.131. The Morgan fingerprint density at radius 2 is 2.39 bits per heavy atom. The Labute approximate surface area is 109 Å². The Balaban J connectivity index is 2.35. The number of rotatable bonds is 7. The fourth-order valence-electron chi connectivity index (χ4n) is 2.39. The normalized spacial score (nSPS) is 19.7. The zero-order chi connectivity index (χ0) is 13.4. The molecule has 0 bridgehead atoms. The van der Waals surface area contributed by atoms with Crippen LogP contribution in [0, 0.1) is 11.3 Å². The van der Waals surface area contributed by atoms with Crippen LogP contribution >= 0.6 is 0 Å². The van der Waals surface area contributed by atoms with E-state index in [1.165, 1.54) is 0 Å². The smallest absolute Gasteiger partial charge is 0.236 e. The van der Waals surface area contributed by atoms with Crippen LogP contribution in [0.2, 0.25) is 0 Å². The maximum Gasteiger partial charge on any atom is 0.236 e. The molecule has 1 heterocycles. The number of likely N-dealkylation sites (tertiary alicyclic amines) is 1. The quantitative estimate of drug-likeness (QED) is 0.721. The topological polar surface area (TPSA) is 67.6 Å². The highest BCUT2D eigenvalue weighted by Gasteiger charge is 2.26. The van der Waals surface area contributed by atoms with Gasteiger partial charge in [-0.3, -0.25) is 9.69 Å². The monoisotopic (exact) mass is 253 g/mol. The van der Waals surface area contributed by atoms with Crippen molar-refractivity contribution in [3.05, 3.63) is 0 Å². The van der Waals surface area contributed by atoms with E-state index in [4.69, 9.17) is 10.4 Å². The molecule has 18 heavy (non-hydrogen) atoms. The zero-order valence-electron chi connectivity index (χ0n) is 11.1. The molecule has 0 aromatic heterocycles. The Morgan fingerprint density at radius 1 is 1.61 bits per heavy atom. The summed E-state index contributed by atoms with van der Waals surface area (Å²) >= 11 is 0. The van der Waals surface area contributed by atoms with Crippen molar-refractivity contribution in [1.29, 1.82) is 5.26 Å². The lowest BCUT2D eigenvalue weighted by Gasteiger charge is -2.26. The standard InChI is InChI=1S/C13H23N3O2/c1-15(8-4-7-14)13(18)11-16-9-2-5-12(16)6-3-10-17/h12,17H,2-6,8-11H2,1H3. The van der Waals surface area contributed by atoms with E-state index in [-0.39, 0.29) is 12.5 Å². The van der Waals surface area contributed by atoms with Crippen molar-refractivity contribution in [2.24, 2.45) is 0 Å². The first-order valence-corrected chi connectivity index (χ1v) is 6.65. The van der Waals surface area contributed by atoms with E-state index in [0.29, 0.717) is 25.6 Å². The van der Waals surface area contributed by atoms with E-state index in [9.17, 15) is 4.79 Å². The molecular weight excluding hydrogens is 230 g/mol. The highest BCUT2D eigenvalue weighted by Crippen LogP contribution is 2.20. The van der Waals surface area contributed by atoms with Gasteiger partial charge in [0.05, 0.1) is 19.0 Å². The average molecular weight is 253 g/mol. The van der Waals surface area contributed by atoms with Crippen LogP contribution in [0.1, 0.15) is 32.1 Å². The van der Waals surface area contributed by atoms with Crippen molar-refractivity contribution in [1.82, 2.24) is 9.80 Å². The van der Waals surface area contributed by atoms with Crippen molar-refractivity contribution in [2.75, 3.05) is 33.3 Å². The molecule has 1 rings (SSSR count). The highest BCUT2D eigenvalue weighted by atomic mass is 16.3. The summed E-state index contributed by atoms with van der Waals surface area (Å²) in [5.41, 5.74) is 0. The summed E-state index contributed by atoms with van der Waals surface area (Å²) in [4.78, 5) is 15.8. The summed E-state index contributed by atoms with van der Waals surface area (Å²) in [6.07, 6.45) is 4.40. The number of aliphatic hydroxyl groups excluding tert-OH is 1. The third-order valence-corrected chi connectivity index (χ3v) is 3.52. The molecule has 1 unspecified atom stereocenters. The van der Waals surface area contributed by atoms with Crippen LogP contribution in [-0.4, -0.2) is 60.1 Å². The van der Waals surface area contributed by atoms with Crippen LogP contribution in [0.15, 0.2) is 0 Å². The largest absolute Gasteiger partial charge is 0.396 e. The van der Waals surface area contributed by atoms with Crippen LogP contribution in [0.4, 0.5) is 0 Å². The van der Waals surface area contributed by atoms with Crippen LogP contribution in [0.3, 0.4) is 0 Å². The summed E-state index contributed by atoms with van der Waals surface area (Å²) in [5, 5.41) is 17.4. The van der Waals surface area contributed by atoms with Crippen LogP contribution in [0.5, 0.6) is 0 Å². The van der Waals surface area contributed by atoms with E-state index in [1.54, 1.807) is 11.9 Å². The van der Waals surface area contributed by atoms with Crippen molar-refractivity contribution in [2.45, 2.75) is 38.1 Å². The molecule has 102 valence electrons. The number of hydrogen-bond donors (Lipinski definition) is 1. The van der Waals surface area contributed by atoms with Gasteiger partial charge in [0.25, 0.3) is 0 Å². The molecule has 1 fully saturated rings. The third kappa shape index (κ3) is 4.63. The predicted molar refractivity (Wildman–Crippen MR) is 68.8 cm³/mol. The van der Waals surface area contributed by atoms with Crippen LogP contribution in [-0.2, 0) is 4.79 Å². The summed E-state index contributed by atoms with van der Waals surface area (Å²) in [5.74, 6) is 0.0844. The minimum Gasteiger partial charge on any atom is -0.396 e. The van der Waals surface area contributed by atoms with Crippen LogP contribution in [0.25, 0.3) is 0 Å². The number of hydrogen-bond acceptors (Lipinski definition) is 4. The summed E-state index contributed by atoms with van der Waals surface area (Å²) in [7, 11) is 1.75. The van der Waals surface area contributed by atoms with Gasteiger partial charge in [-0.2, -0.15) is 5.26 Å².